The summed E-state index contributed by atoms with van der Waals surface area (Å²) in [6, 6.07) is 8.77. The van der Waals surface area contributed by atoms with E-state index in [4.69, 9.17) is 16.3 Å². The van der Waals surface area contributed by atoms with Crippen LogP contribution >= 0.6 is 11.6 Å². The van der Waals surface area contributed by atoms with Gasteiger partial charge in [0.1, 0.15) is 30.2 Å². The molecule has 1 saturated heterocycles. The molecule has 1 aliphatic heterocycles. The van der Waals surface area contributed by atoms with E-state index in [1.165, 1.54) is 17.1 Å². The van der Waals surface area contributed by atoms with Crippen molar-refractivity contribution in [1.82, 2.24) is 30.5 Å². The van der Waals surface area contributed by atoms with Gasteiger partial charge in [-0.1, -0.05) is 55.8 Å². The van der Waals surface area contributed by atoms with Crippen molar-refractivity contribution in [3.63, 3.8) is 0 Å². The van der Waals surface area contributed by atoms with Gasteiger partial charge in [-0.3, -0.25) is 19.0 Å². The molecule has 12 heteroatoms. The van der Waals surface area contributed by atoms with Crippen LogP contribution in [0.3, 0.4) is 0 Å². The smallest absolute Gasteiger partial charge is 0.408 e. The molecule has 1 unspecified atom stereocenters. The number of nitrogens with one attached hydrogen (secondary N) is 3. The highest BCUT2D eigenvalue weighted by Crippen LogP contribution is 2.23. The van der Waals surface area contributed by atoms with Crippen LogP contribution in [-0.2, 0) is 20.9 Å². The highest BCUT2D eigenvalue weighted by atomic mass is 35.5. The van der Waals surface area contributed by atoms with E-state index in [0.29, 0.717) is 24.8 Å². The van der Waals surface area contributed by atoms with Crippen LogP contribution in [0.15, 0.2) is 48.9 Å². The number of alkyl carbamates (subject to hydrolysis) is 1. The summed E-state index contributed by atoms with van der Waals surface area (Å²) < 4.78 is 6.59. The van der Waals surface area contributed by atoms with Gasteiger partial charge in [-0.15, -0.1) is 0 Å². The summed E-state index contributed by atoms with van der Waals surface area (Å²) in [5.41, 5.74) is 1.09. The number of rotatable bonds is 10. The van der Waals surface area contributed by atoms with Crippen molar-refractivity contribution in [2.24, 2.45) is 11.8 Å². The molecule has 4 rings (SSSR count). The van der Waals surface area contributed by atoms with Gasteiger partial charge in [-0.2, -0.15) is 0 Å². The fourth-order valence-electron chi connectivity index (χ4n) is 4.52. The highest BCUT2D eigenvalue weighted by Gasteiger charge is 2.34. The second-order valence-electron chi connectivity index (χ2n) is 9.89. The maximum absolute atomic E-state index is 13.7. The number of halogens is 1. The van der Waals surface area contributed by atoms with E-state index >= 15 is 0 Å². The maximum Gasteiger partial charge on any atom is 0.408 e. The molecule has 2 aromatic heterocycles. The Labute approximate surface area is 230 Å². The lowest BCUT2D eigenvalue weighted by molar-refractivity contribution is -0.125. The predicted octanol–water partition coefficient (Wildman–Crippen LogP) is 3.08. The first kappa shape index (κ1) is 28.0. The molecule has 11 nitrogen and oxygen atoms in total. The van der Waals surface area contributed by atoms with E-state index in [-0.39, 0.29) is 35.7 Å². The number of aromatic nitrogens is 3. The van der Waals surface area contributed by atoms with Gasteiger partial charge in [0.25, 0.3) is 5.91 Å². The van der Waals surface area contributed by atoms with Crippen LogP contribution in [0.5, 0.6) is 0 Å². The molecule has 1 aliphatic rings. The van der Waals surface area contributed by atoms with Gasteiger partial charge in [0.15, 0.2) is 5.65 Å². The molecule has 0 radical (unpaired) electrons. The van der Waals surface area contributed by atoms with Crippen LogP contribution in [0.25, 0.3) is 11.0 Å². The van der Waals surface area contributed by atoms with E-state index in [1.807, 2.05) is 44.2 Å². The quantitative estimate of drug-likeness (QED) is 0.327. The van der Waals surface area contributed by atoms with E-state index in [0.717, 1.165) is 5.56 Å². The number of benzene rings is 1. The molecule has 1 fully saturated rings. The third-order valence-electron chi connectivity index (χ3n) is 6.50. The molecule has 3 aromatic rings. The Morgan fingerprint density at radius 1 is 1.13 bits per heavy atom. The van der Waals surface area contributed by atoms with E-state index < -0.39 is 35.9 Å². The van der Waals surface area contributed by atoms with Crippen LogP contribution in [0.1, 0.15) is 43.5 Å². The lowest BCUT2D eigenvalue weighted by Gasteiger charge is -2.25. The van der Waals surface area contributed by atoms with Crippen molar-refractivity contribution in [1.29, 1.82) is 0 Å². The third kappa shape index (κ3) is 7.11. The summed E-state index contributed by atoms with van der Waals surface area (Å²) in [5, 5.41) is 8.84. The van der Waals surface area contributed by atoms with Crippen LogP contribution in [0.2, 0.25) is 5.15 Å². The van der Waals surface area contributed by atoms with Crippen molar-refractivity contribution in [2.75, 3.05) is 6.54 Å². The van der Waals surface area contributed by atoms with Gasteiger partial charge in [-0.05, 0) is 36.8 Å². The molecule has 0 bridgehead atoms. The monoisotopic (exact) mass is 554 g/mol. The fraction of sp³-hybridized carbons (Fsp3) is 0.407. The zero-order valence-corrected chi connectivity index (χ0v) is 22.5. The van der Waals surface area contributed by atoms with Crippen LogP contribution in [0.4, 0.5) is 4.79 Å². The average molecular weight is 555 g/mol. The molecule has 3 N–H and O–H groups in total. The van der Waals surface area contributed by atoms with Crippen LogP contribution in [-0.4, -0.2) is 57.0 Å². The Balaban J connectivity index is 1.52. The number of carbonyl (C=O) groups excluding carboxylic acids is 4. The van der Waals surface area contributed by atoms with E-state index in [2.05, 4.69) is 25.9 Å². The van der Waals surface area contributed by atoms with Crippen molar-refractivity contribution in [3.8, 4) is 0 Å². The topological polar surface area (TPSA) is 144 Å². The zero-order chi connectivity index (χ0) is 27.9. The number of amides is 3. The Morgan fingerprint density at radius 3 is 2.59 bits per heavy atom. The summed E-state index contributed by atoms with van der Waals surface area (Å²) in [6.45, 7) is 4.38. The Kier molecular flexibility index (Phi) is 9.13. The fourth-order valence-corrected chi connectivity index (χ4v) is 4.72. The second-order valence-corrected chi connectivity index (χ2v) is 10.2. The van der Waals surface area contributed by atoms with Gasteiger partial charge in [0.2, 0.25) is 11.8 Å². The minimum Gasteiger partial charge on any atom is -0.445 e. The van der Waals surface area contributed by atoms with Gasteiger partial charge in [-0.25, -0.2) is 14.8 Å². The van der Waals surface area contributed by atoms with Crippen molar-refractivity contribution in [3.05, 3.63) is 59.6 Å². The summed E-state index contributed by atoms with van der Waals surface area (Å²) in [7, 11) is 0. The number of nitrogens with zero attached hydrogens (tertiary/aromatic N) is 3. The molecular formula is C27H31ClN6O5. The Hall–Kier alpha value is -3.99. The van der Waals surface area contributed by atoms with E-state index in [1.54, 1.807) is 6.07 Å². The van der Waals surface area contributed by atoms with Gasteiger partial charge < -0.3 is 20.7 Å². The SMILES string of the molecule is CC(C)C[C@@H](NC(=O)OCc1ccccc1)C(=O)N[C@H](CC1CCNC1=O)C(=O)n1ccc2c(Cl)ncnc21. The normalized spacial score (nSPS) is 16.5. The molecule has 3 heterocycles. The van der Waals surface area contributed by atoms with Crippen LogP contribution < -0.4 is 16.0 Å². The van der Waals surface area contributed by atoms with E-state index in [9.17, 15) is 19.2 Å². The standard InChI is InChI=1S/C27H31ClN6O5/c1-16(2)12-20(33-27(38)39-14-17-6-4-3-5-7-17)25(36)32-21(13-18-8-10-29-24(18)35)26(37)34-11-9-19-22(28)30-15-31-23(19)34/h3-7,9,11,15-16,18,20-21H,8,10,12-14H2,1-2H3,(H,29,35)(H,32,36)(H,33,38)/t18?,20-,21-/m1/s1. The number of carbonyl (C=O) groups is 4. The Morgan fingerprint density at radius 2 is 1.90 bits per heavy atom. The summed E-state index contributed by atoms with van der Waals surface area (Å²) in [5.74, 6) is -1.61. The summed E-state index contributed by atoms with van der Waals surface area (Å²) in [4.78, 5) is 60.1. The van der Waals surface area contributed by atoms with Gasteiger partial charge in [0.05, 0.1) is 5.39 Å². The number of fused-ring (bicyclic) bond motifs is 1. The summed E-state index contributed by atoms with van der Waals surface area (Å²) in [6.07, 6.45) is 2.94. The largest absolute Gasteiger partial charge is 0.445 e. The second kappa shape index (κ2) is 12.7. The zero-order valence-electron chi connectivity index (χ0n) is 21.7. The number of hydrogen-bond donors (Lipinski definition) is 3. The average Bonchev–Trinajstić information content (AvgIpc) is 3.53. The molecule has 1 aromatic carbocycles. The third-order valence-corrected chi connectivity index (χ3v) is 6.80. The van der Waals surface area contributed by atoms with Crippen LogP contribution in [0, 0.1) is 11.8 Å². The van der Waals surface area contributed by atoms with Gasteiger partial charge in [0, 0.05) is 18.7 Å². The first-order valence-electron chi connectivity index (χ1n) is 12.8. The summed E-state index contributed by atoms with van der Waals surface area (Å²) >= 11 is 6.15. The van der Waals surface area contributed by atoms with Crippen molar-refractivity contribution >= 4 is 46.4 Å². The van der Waals surface area contributed by atoms with Crippen molar-refractivity contribution in [2.45, 2.75) is 51.8 Å². The lowest BCUT2D eigenvalue weighted by Crippen LogP contribution is -2.53. The highest BCUT2D eigenvalue weighted by molar-refractivity contribution is 6.34. The molecule has 39 heavy (non-hydrogen) atoms. The maximum atomic E-state index is 13.7. The minimum absolute atomic E-state index is 0.0473. The Bertz CT molecular complexity index is 1340. The van der Waals surface area contributed by atoms with Gasteiger partial charge >= 0.3 is 6.09 Å². The predicted molar refractivity (Wildman–Crippen MR) is 144 cm³/mol. The van der Waals surface area contributed by atoms with Crippen molar-refractivity contribution < 1.29 is 23.9 Å². The first-order chi connectivity index (χ1) is 18.7. The lowest BCUT2D eigenvalue weighted by atomic mass is 9.96. The first-order valence-corrected chi connectivity index (χ1v) is 13.2. The molecule has 0 aliphatic carbocycles. The molecule has 0 spiro atoms. The minimum atomic E-state index is -1.06. The molecular weight excluding hydrogens is 524 g/mol. The number of ether oxygens (including phenoxy) is 1. The molecule has 0 saturated carbocycles. The number of hydrogen-bond acceptors (Lipinski definition) is 7. The molecule has 206 valence electrons. The molecule has 3 atom stereocenters. The molecule has 3 amide bonds.